The third kappa shape index (κ3) is 0.989. The topological polar surface area (TPSA) is 78.0 Å². The second kappa shape index (κ2) is 3.17. The van der Waals surface area contributed by atoms with Crippen molar-refractivity contribution in [2.24, 2.45) is 23.7 Å². The Morgan fingerprint density at radius 2 is 1.11 bits per heavy atom. The molecule has 0 aromatic heterocycles. The van der Waals surface area contributed by atoms with E-state index in [9.17, 15) is 19.2 Å². The van der Waals surface area contributed by atoms with Crippen molar-refractivity contribution >= 4 is 23.6 Å². The van der Waals surface area contributed by atoms with Crippen LogP contribution < -0.4 is 0 Å². The van der Waals surface area contributed by atoms with Crippen LogP contribution in [-0.2, 0) is 19.2 Å². The number of hydrazine groups is 1. The van der Waals surface area contributed by atoms with Crippen LogP contribution in [0.2, 0.25) is 0 Å². The summed E-state index contributed by atoms with van der Waals surface area (Å²) in [7, 11) is 4.58. The van der Waals surface area contributed by atoms with Crippen LogP contribution in [0.5, 0.6) is 0 Å². The molecule has 4 unspecified atom stereocenters. The summed E-state index contributed by atoms with van der Waals surface area (Å²) in [6, 6.07) is 0. The minimum atomic E-state index is -0.647. The fourth-order valence-corrected chi connectivity index (χ4v) is 3.32. The molecular weight excluding hydrogens is 238 g/mol. The van der Waals surface area contributed by atoms with Gasteiger partial charge in [0.2, 0.25) is 23.6 Å². The van der Waals surface area contributed by atoms with E-state index in [1.807, 2.05) is 0 Å². The highest BCUT2D eigenvalue weighted by atomic mass is 16.2. The van der Waals surface area contributed by atoms with Gasteiger partial charge in [0.25, 0.3) is 0 Å². The highest BCUT2D eigenvalue weighted by Crippen LogP contribution is 2.56. The van der Waals surface area contributed by atoms with Gasteiger partial charge >= 0.3 is 0 Å². The fourth-order valence-electron chi connectivity index (χ4n) is 3.32. The quantitative estimate of drug-likeness (QED) is 0.520. The predicted octanol–water partition coefficient (Wildman–Crippen LogP) is -1.69. The molecule has 3 aliphatic rings. The fraction of sp³-hybridized carbons (Fsp3) is 0.636. The zero-order chi connectivity index (χ0) is 13.4. The van der Waals surface area contributed by atoms with E-state index < -0.39 is 23.7 Å². The van der Waals surface area contributed by atoms with Gasteiger partial charge in [-0.15, -0.1) is 0 Å². The summed E-state index contributed by atoms with van der Waals surface area (Å²) in [6.07, 6.45) is 0. The SMILES string of the molecule is CN1C(=O)C2C(C1=O)C1C(=O)N(N(C)C)C(=O)C21. The van der Waals surface area contributed by atoms with E-state index in [-0.39, 0.29) is 23.6 Å². The van der Waals surface area contributed by atoms with E-state index in [1.165, 1.54) is 12.1 Å². The number of carbonyl (C=O) groups excluding carboxylic acids is 4. The van der Waals surface area contributed by atoms with Crippen LogP contribution in [0.15, 0.2) is 0 Å². The molecule has 4 atom stereocenters. The molecule has 7 nitrogen and oxygen atoms in total. The van der Waals surface area contributed by atoms with Crippen LogP contribution in [0.25, 0.3) is 0 Å². The average Bonchev–Trinajstić information content (AvgIpc) is 2.53. The number of hydrogen-bond donors (Lipinski definition) is 0. The van der Waals surface area contributed by atoms with Gasteiger partial charge in [0.05, 0.1) is 23.7 Å². The van der Waals surface area contributed by atoms with Gasteiger partial charge < -0.3 is 0 Å². The first-order valence-corrected chi connectivity index (χ1v) is 5.74. The van der Waals surface area contributed by atoms with Crippen molar-refractivity contribution in [1.29, 1.82) is 0 Å². The molecule has 1 saturated carbocycles. The minimum absolute atomic E-state index is 0.340. The summed E-state index contributed by atoms with van der Waals surface area (Å²) in [5.41, 5.74) is 0. The predicted molar refractivity (Wildman–Crippen MR) is 57.3 cm³/mol. The van der Waals surface area contributed by atoms with Crippen LogP contribution in [0.4, 0.5) is 0 Å². The lowest BCUT2D eigenvalue weighted by Gasteiger charge is -2.36. The largest absolute Gasteiger partial charge is 0.285 e. The molecule has 0 radical (unpaired) electrons. The molecule has 2 aliphatic heterocycles. The molecule has 96 valence electrons. The van der Waals surface area contributed by atoms with Crippen molar-refractivity contribution in [1.82, 2.24) is 14.9 Å². The second-order valence-electron chi connectivity index (χ2n) is 5.17. The molecule has 0 aromatic carbocycles. The summed E-state index contributed by atoms with van der Waals surface area (Å²) >= 11 is 0. The summed E-state index contributed by atoms with van der Waals surface area (Å²) in [5.74, 6) is -3.97. The van der Waals surface area contributed by atoms with Crippen molar-refractivity contribution in [3.8, 4) is 0 Å². The molecule has 2 heterocycles. The Hall–Kier alpha value is -1.76. The number of amides is 4. The maximum Gasteiger partial charge on any atom is 0.248 e. The molecule has 0 spiro atoms. The Bertz CT molecular complexity index is 461. The number of hydrogen-bond acceptors (Lipinski definition) is 5. The maximum atomic E-state index is 12.1. The van der Waals surface area contributed by atoms with Crippen molar-refractivity contribution in [3.63, 3.8) is 0 Å². The first kappa shape index (κ1) is 11.3. The van der Waals surface area contributed by atoms with Crippen LogP contribution in [0.3, 0.4) is 0 Å². The third-order valence-corrected chi connectivity index (χ3v) is 4.17. The zero-order valence-corrected chi connectivity index (χ0v) is 10.3. The average molecular weight is 251 g/mol. The van der Waals surface area contributed by atoms with E-state index >= 15 is 0 Å². The summed E-state index contributed by atoms with van der Waals surface area (Å²) in [4.78, 5) is 49.0. The van der Waals surface area contributed by atoms with E-state index in [0.29, 0.717) is 0 Å². The lowest BCUT2D eigenvalue weighted by Crippen LogP contribution is -2.50. The summed E-state index contributed by atoms with van der Waals surface area (Å²) in [5, 5.41) is 2.44. The van der Waals surface area contributed by atoms with Gasteiger partial charge in [0.15, 0.2) is 0 Å². The minimum Gasteiger partial charge on any atom is -0.285 e. The van der Waals surface area contributed by atoms with Gasteiger partial charge in [-0.05, 0) is 0 Å². The molecule has 0 bridgehead atoms. The second-order valence-corrected chi connectivity index (χ2v) is 5.17. The highest BCUT2D eigenvalue weighted by molar-refractivity contribution is 6.17. The van der Waals surface area contributed by atoms with Gasteiger partial charge in [-0.3, -0.25) is 24.1 Å². The molecular formula is C11H13N3O4. The Kier molecular flexibility index (Phi) is 1.99. The molecule has 4 amide bonds. The van der Waals surface area contributed by atoms with Gasteiger partial charge in [-0.25, -0.2) is 10.0 Å². The van der Waals surface area contributed by atoms with Crippen molar-refractivity contribution < 1.29 is 19.2 Å². The first-order valence-electron chi connectivity index (χ1n) is 5.74. The monoisotopic (exact) mass is 251 g/mol. The van der Waals surface area contributed by atoms with E-state index in [4.69, 9.17) is 0 Å². The molecule has 18 heavy (non-hydrogen) atoms. The normalized spacial score (nSPS) is 38.4. The number of likely N-dealkylation sites (tertiary alicyclic amines) is 1. The molecule has 2 saturated heterocycles. The standard InChI is InChI=1S/C11H13N3O4/c1-12(2)14-10(17)6-4-5(7(6)11(14)18)9(16)13(3)8(4)15/h4-7H,1-3H3. The number of fused-ring (bicyclic) bond motifs is 4. The van der Waals surface area contributed by atoms with Crippen molar-refractivity contribution in [2.45, 2.75) is 0 Å². The summed E-state index contributed by atoms with van der Waals surface area (Å²) in [6.45, 7) is 0. The van der Waals surface area contributed by atoms with Crippen LogP contribution in [-0.4, -0.2) is 59.7 Å². The number of imide groups is 2. The van der Waals surface area contributed by atoms with Gasteiger partial charge in [-0.2, -0.15) is 0 Å². The maximum absolute atomic E-state index is 12.1. The Balaban J connectivity index is 1.99. The van der Waals surface area contributed by atoms with Crippen LogP contribution in [0.1, 0.15) is 0 Å². The number of carbonyl (C=O) groups is 4. The van der Waals surface area contributed by atoms with Gasteiger partial charge in [0, 0.05) is 21.1 Å². The Labute approximate surface area is 103 Å². The smallest absolute Gasteiger partial charge is 0.248 e. The lowest BCUT2D eigenvalue weighted by molar-refractivity contribution is -0.155. The highest BCUT2D eigenvalue weighted by Gasteiger charge is 2.73. The molecule has 0 aromatic rings. The van der Waals surface area contributed by atoms with E-state index in [1.54, 1.807) is 14.1 Å². The Morgan fingerprint density at radius 3 is 1.44 bits per heavy atom. The molecule has 0 N–H and O–H groups in total. The van der Waals surface area contributed by atoms with Crippen molar-refractivity contribution in [2.75, 3.05) is 21.1 Å². The van der Waals surface area contributed by atoms with Gasteiger partial charge in [-0.1, -0.05) is 0 Å². The Morgan fingerprint density at radius 1 is 0.778 bits per heavy atom. The molecule has 3 fully saturated rings. The molecule has 3 rings (SSSR count). The lowest BCUT2D eigenvalue weighted by atomic mass is 9.59. The van der Waals surface area contributed by atoms with Gasteiger partial charge in [0.1, 0.15) is 0 Å². The number of rotatable bonds is 1. The molecule has 7 heteroatoms. The van der Waals surface area contributed by atoms with E-state index in [2.05, 4.69) is 0 Å². The van der Waals surface area contributed by atoms with Crippen molar-refractivity contribution in [3.05, 3.63) is 0 Å². The first-order chi connectivity index (χ1) is 8.37. The van der Waals surface area contributed by atoms with E-state index in [0.717, 1.165) is 9.91 Å². The zero-order valence-electron chi connectivity index (χ0n) is 10.3. The van der Waals surface area contributed by atoms with Crippen LogP contribution >= 0.6 is 0 Å². The molecule has 1 aliphatic carbocycles. The van der Waals surface area contributed by atoms with Crippen LogP contribution in [0, 0.1) is 23.7 Å². The third-order valence-electron chi connectivity index (χ3n) is 4.17. The number of nitrogens with zero attached hydrogens (tertiary/aromatic N) is 3. The summed E-state index contributed by atoms with van der Waals surface area (Å²) < 4.78 is 0.